The van der Waals surface area contributed by atoms with E-state index in [0.29, 0.717) is 43.8 Å². The first kappa shape index (κ1) is 32.4. The van der Waals surface area contributed by atoms with E-state index in [1.807, 2.05) is 97.1 Å². The van der Waals surface area contributed by atoms with Gasteiger partial charge >= 0.3 is 0 Å². The molecule has 14 radical (unpaired) electrons. The molecule has 9 rings (SSSR count). The zero-order chi connectivity index (χ0) is 35.8. The van der Waals surface area contributed by atoms with Gasteiger partial charge in [0.2, 0.25) is 0 Å². The molecule has 1 aromatic heterocycles. The molecule has 0 aliphatic heterocycles. The summed E-state index contributed by atoms with van der Waals surface area (Å²) in [6, 6.07) is 41.6. The van der Waals surface area contributed by atoms with Crippen LogP contribution in [-0.4, -0.2) is 54.9 Å². The van der Waals surface area contributed by atoms with Crippen LogP contribution in [0.5, 0.6) is 0 Å². The van der Waals surface area contributed by atoms with Gasteiger partial charge in [0.1, 0.15) is 66.1 Å². The summed E-state index contributed by atoms with van der Waals surface area (Å²) < 4.78 is 6.70. The minimum Gasteiger partial charge on any atom is -0.455 e. The van der Waals surface area contributed by atoms with Crippen molar-refractivity contribution in [2.24, 2.45) is 0 Å². The first-order valence-corrected chi connectivity index (χ1v) is 16.9. The number of hydrogen-bond donors (Lipinski definition) is 0. The molecule has 52 heavy (non-hydrogen) atoms. The lowest BCUT2D eigenvalue weighted by atomic mass is 9.71. The maximum atomic E-state index is 7.05. The van der Waals surface area contributed by atoms with Gasteiger partial charge in [-0.05, 0) is 54.9 Å². The normalized spacial score (nSPS) is 11.6. The van der Waals surface area contributed by atoms with Gasteiger partial charge in [0.25, 0.3) is 0 Å². The van der Waals surface area contributed by atoms with Gasteiger partial charge in [-0.2, -0.15) is 0 Å². The van der Waals surface area contributed by atoms with Crippen LogP contribution in [0.1, 0.15) is 0 Å². The Morgan fingerprint density at radius 1 is 0.308 bits per heavy atom. The van der Waals surface area contributed by atoms with Gasteiger partial charge in [0.05, 0.1) is 0 Å². The highest BCUT2D eigenvalue weighted by Gasteiger charge is 2.22. The molecule has 0 amide bonds. The zero-order valence-corrected chi connectivity index (χ0v) is 28.1. The molecule has 0 saturated carbocycles. The second-order valence-corrected chi connectivity index (χ2v) is 13.3. The molecule has 0 N–H and O–H groups in total. The standard InChI is InChI=1S/C44H21B7O/c45-24-14-12-22(13-15-24)25-8-4-9-26-27-10-5-11-28(44(27)52-43(25)26)29-16-36(47)34(21-35(29)46)42-32-19-39(50)37(48)17-30(32)41(23-6-2-1-3-7-23)31-18-38(49)40(51)20-33(31)42/h1-21H. The fourth-order valence-corrected chi connectivity index (χ4v) is 7.60. The van der Waals surface area contributed by atoms with Gasteiger partial charge in [-0.3, -0.25) is 0 Å². The fraction of sp³-hybridized carbons (Fsp3) is 0. The Morgan fingerprint density at radius 2 is 0.788 bits per heavy atom. The highest BCUT2D eigenvalue weighted by atomic mass is 16.3. The van der Waals surface area contributed by atoms with E-state index in [2.05, 4.69) is 30.3 Å². The molecule has 224 valence electrons. The monoisotopic (exact) mass is 642 g/mol. The van der Waals surface area contributed by atoms with Crippen molar-refractivity contribution < 1.29 is 4.42 Å². The first-order valence-electron chi connectivity index (χ1n) is 16.9. The molecule has 8 heteroatoms. The maximum absolute atomic E-state index is 7.05. The second kappa shape index (κ2) is 12.3. The molecule has 0 unspecified atom stereocenters. The Labute approximate surface area is 311 Å². The van der Waals surface area contributed by atoms with Crippen LogP contribution in [0.4, 0.5) is 0 Å². The van der Waals surface area contributed by atoms with Crippen molar-refractivity contribution in [1.82, 2.24) is 0 Å². The van der Waals surface area contributed by atoms with E-state index in [1.165, 1.54) is 0 Å². The molecule has 0 atom stereocenters. The van der Waals surface area contributed by atoms with Crippen LogP contribution in [0.25, 0.3) is 88.0 Å². The van der Waals surface area contributed by atoms with Gasteiger partial charge in [-0.1, -0.05) is 144 Å². The molecular weight excluding hydrogens is 620 g/mol. The summed E-state index contributed by atoms with van der Waals surface area (Å²) in [7, 11) is 45.9. The van der Waals surface area contributed by atoms with Gasteiger partial charge in [0.15, 0.2) is 0 Å². The molecule has 0 aliphatic rings. The molecule has 0 spiro atoms. The molecule has 1 nitrogen and oxygen atoms in total. The van der Waals surface area contributed by atoms with E-state index >= 15 is 0 Å². The third-order valence-electron chi connectivity index (χ3n) is 10.1. The Kier molecular flexibility index (Phi) is 7.70. The predicted octanol–water partition coefficient (Wildman–Crippen LogP) is 4.12. The summed E-state index contributed by atoms with van der Waals surface area (Å²) in [4.78, 5) is 0. The summed E-state index contributed by atoms with van der Waals surface area (Å²) in [5.74, 6) is 0. The molecule has 9 aromatic rings. The third kappa shape index (κ3) is 5.11. The van der Waals surface area contributed by atoms with Crippen LogP contribution in [0, 0.1) is 0 Å². The molecule has 0 saturated heterocycles. The minimum atomic E-state index is 0.452. The number of rotatable bonds is 4. The molecular formula is C44H21B7O. The van der Waals surface area contributed by atoms with E-state index in [9.17, 15) is 0 Å². The Bertz CT molecular complexity index is 2840. The molecule has 0 aliphatic carbocycles. The topological polar surface area (TPSA) is 13.1 Å². The predicted molar refractivity (Wildman–Crippen MR) is 228 cm³/mol. The molecule has 0 bridgehead atoms. The Balaban J connectivity index is 1.30. The van der Waals surface area contributed by atoms with Crippen molar-refractivity contribution in [3.8, 4) is 44.5 Å². The van der Waals surface area contributed by atoms with Gasteiger partial charge in [0, 0.05) is 21.9 Å². The summed E-state index contributed by atoms with van der Waals surface area (Å²) in [5, 5.41) is 5.48. The lowest BCUT2D eigenvalue weighted by Gasteiger charge is -2.23. The largest absolute Gasteiger partial charge is 0.455 e. The zero-order valence-electron chi connectivity index (χ0n) is 28.1. The number of hydrogen-bond acceptors (Lipinski definition) is 1. The highest BCUT2D eigenvalue weighted by molar-refractivity contribution is 6.52. The second-order valence-electron chi connectivity index (χ2n) is 13.3. The highest BCUT2D eigenvalue weighted by Crippen LogP contribution is 2.43. The quantitative estimate of drug-likeness (QED) is 0.209. The van der Waals surface area contributed by atoms with Gasteiger partial charge in [-0.25, -0.2) is 0 Å². The number of para-hydroxylation sites is 2. The van der Waals surface area contributed by atoms with E-state index in [-0.39, 0.29) is 0 Å². The number of benzene rings is 8. The van der Waals surface area contributed by atoms with Crippen LogP contribution in [0.15, 0.2) is 132 Å². The van der Waals surface area contributed by atoms with Crippen molar-refractivity contribution in [1.29, 1.82) is 0 Å². The molecule has 8 aromatic carbocycles. The number of fused-ring (bicyclic) bond motifs is 5. The summed E-state index contributed by atoms with van der Waals surface area (Å²) in [5.41, 5.74) is 12.2. The van der Waals surface area contributed by atoms with Crippen molar-refractivity contribution >= 4 is 137 Å². The summed E-state index contributed by atoms with van der Waals surface area (Å²) in [6.07, 6.45) is 0. The smallest absolute Gasteiger partial charge is 0.143 e. The van der Waals surface area contributed by atoms with Gasteiger partial charge in [-0.15, -0.1) is 21.9 Å². The average molecular weight is 641 g/mol. The van der Waals surface area contributed by atoms with E-state index in [1.54, 1.807) is 0 Å². The fourth-order valence-electron chi connectivity index (χ4n) is 7.60. The minimum absolute atomic E-state index is 0.452. The summed E-state index contributed by atoms with van der Waals surface area (Å²) in [6.45, 7) is 0. The van der Waals surface area contributed by atoms with Crippen molar-refractivity contribution in [3.05, 3.63) is 127 Å². The van der Waals surface area contributed by atoms with E-state index in [0.717, 1.165) is 82.4 Å². The van der Waals surface area contributed by atoms with Crippen molar-refractivity contribution in [3.63, 3.8) is 0 Å². The van der Waals surface area contributed by atoms with E-state index in [4.69, 9.17) is 59.3 Å². The van der Waals surface area contributed by atoms with Crippen molar-refractivity contribution in [2.45, 2.75) is 0 Å². The van der Waals surface area contributed by atoms with Crippen LogP contribution < -0.4 is 38.2 Å². The lowest BCUT2D eigenvalue weighted by Crippen LogP contribution is -2.27. The number of furan rings is 1. The van der Waals surface area contributed by atoms with Crippen LogP contribution in [-0.2, 0) is 0 Å². The SMILES string of the molecule is [B]c1ccc(-c2cccc3c2oc2c(-c4cc([B])c(-c5c6cc([B])c([B])cc6c(-c6ccccc6)c6cc([B])c([B])cc56)cc4[B])cccc23)cc1. The van der Waals surface area contributed by atoms with Crippen LogP contribution in [0.3, 0.4) is 0 Å². The molecule has 0 fully saturated rings. The third-order valence-corrected chi connectivity index (χ3v) is 10.1. The van der Waals surface area contributed by atoms with Crippen LogP contribution in [0.2, 0.25) is 0 Å². The maximum Gasteiger partial charge on any atom is 0.143 e. The Morgan fingerprint density at radius 3 is 1.37 bits per heavy atom. The lowest BCUT2D eigenvalue weighted by molar-refractivity contribution is 0.671. The van der Waals surface area contributed by atoms with E-state index < -0.39 is 0 Å². The first-order chi connectivity index (χ1) is 25.2. The van der Waals surface area contributed by atoms with Crippen molar-refractivity contribution in [2.75, 3.05) is 0 Å². The average Bonchev–Trinajstić information content (AvgIpc) is 3.53. The molecule has 1 heterocycles. The van der Waals surface area contributed by atoms with Crippen LogP contribution >= 0.6 is 0 Å². The Hall–Kier alpha value is -5.47. The summed E-state index contributed by atoms with van der Waals surface area (Å²) >= 11 is 0. The van der Waals surface area contributed by atoms with Gasteiger partial charge < -0.3 is 4.42 Å².